The molecular formula is C21H28Cl2N4O. The van der Waals surface area contributed by atoms with Gasteiger partial charge in [-0.25, -0.2) is 4.98 Å². The van der Waals surface area contributed by atoms with E-state index >= 15 is 0 Å². The molecule has 2 aromatic carbocycles. The van der Waals surface area contributed by atoms with Crippen LogP contribution in [0.25, 0.3) is 11.0 Å². The summed E-state index contributed by atoms with van der Waals surface area (Å²) in [5.41, 5.74) is 10.1. The van der Waals surface area contributed by atoms with Crippen LogP contribution in [0.1, 0.15) is 31.9 Å². The predicted octanol–water partition coefficient (Wildman–Crippen LogP) is 3.92. The van der Waals surface area contributed by atoms with Gasteiger partial charge in [0.05, 0.1) is 23.4 Å². The highest BCUT2D eigenvalue weighted by atomic mass is 35.5. The van der Waals surface area contributed by atoms with Crippen molar-refractivity contribution in [3.8, 4) is 0 Å². The topological polar surface area (TPSA) is 72.9 Å². The number of carbonyl (C=O) groups is 1. The number of rotatable bonds is 5. The van der Waals surface area contributed by atoms with Gasteiger partial charge in [-0.2, -0.15) is 0 Å². The lowest BCUT2D eigenvalue weighted by molar-refractivity contribution is -0.124. The fourth-order valence-corrected chi connectivity index (χ4v) is 2.86. The lowest BCUT2D eigenvalue weighted by Crippen LogP contribution is -2.48. The van der Waals surface area contributed by atoms with Crippen LogP contribution in [-0.2, 0) is 17.9 Å². The van der Waals surface area contributed by atoms with E-state index in [2.05, 4.69) is 33.1 Å². The number of carbonyl (C=O) groups excluding carboxylic acids is 1. The van der Waals surface area contributed by atoms with Gasteiger partial charge in [-0.3, -0.25) is 4.79 Å². The van der Waals surface area contributed by atoms with Crippen molar-refractivity contribution in [3.63, 3.8) is 0 Å². The molecule has 28 heavy (non-hydrogen) atoms. The Morgan fingerprint density at radius 1 is 1.11 bits per heavy atom. The van der Waals surface area contributed by atoms with Crippen molar-refractivity contribution in [1.29, 1.82) is 0 Å². The van der Waals surface area contributed by atoms with E-state index in [1.54, 1.807) is 0 Å². The second kappa shape index (κ2) is 9.92. The van der Waals surface area contributed by atoms with E-state index in [0.29, 0.717) is 6.54 Å². The second-order valence-corrected chi connectivity index (χ2v) is 7.74. The molecule has 152 valence electrons. The van der Waals surface area contributed by atoms with Crippen molar-refractivity contribution in [2.45, 2.75) is 39.9 Å². The SMILES string of the molecule is CC(C)(C)[C@H](N)C(=O)NCc1cccc(Cn2cnc3ccccc32)c1.Cl.Cl. The zero-order valence-electron chi connectivity index (χ0n) is 16.4. The summed E-state index contributed by atoms with van der Waals surface area (Å²) in [5.74, 6) is -0.122. The van der Waals surface area contributed by atoms with E-state index in [9.17, 15) is 4.79 Å². The number of fused-ring (bicyclic) bond motifs is 1. The molecule has 0 radical (unpaired) electrons. The van der Waals surface area contributed by atoms with Crippen LogP contribution >= 0.6 is 24.8 Å². The summed E-state index contributed by atoms with van der Waals surface area (Å²) in [6.45, 7) is 7.11. The summed E-state index contributed by atoms with van der Waals surface area (Å²) in [7, 11) is 0. The van der Waals surface area contributed by atoms with Gasteiger partial charge >= 0.3 is 0 Å². The Hall–Kier alpha value is -2.08. The first kappa shape index (κ1) is 24.0. The van der Waals surface area contributed by atoms with E-state index in [1.165, 1.54) is 5.56 Å². The number of amides is 1. The molecule has 0 saturated heterocycles. The monoisotopic (exact) mass is 422 g/mol. The standard InChI is InChI=1S/C21H26N4O.2ClH/c1-21(2,3)19(22)20(26)23-12-15-7-6-8-16(11-15)13-25-14-24-17-9-4-5-10-18(17)25;;/h4-11,14,19H,12-13,22H2,1-3H3,(H,23,26);2*1H/t19-;;/m1../s1. The second-order valence-electron chi connectivity index (χ2n) is 7.74. The molecule has 0 fully saturated rings. The first-order chi connectivity index (χ1) is 12.3. The zero-order valence-corrected chi connectivity index (χ0v) is 18.0. The van der Waals surface area contributed by atoms with Crippen molar-refractivity contribution >= 4 is 41.8 Å². The summed E-state index contributed by atoms with van der Waals surface area (Å²) < 4.78 is 2.13. The number of nitrogens with one attached hydrogen (secondary N) is 1. The Bertz CT molecular complexity index is 918. The number of halogens is 2. The molecule has 0 bridgehead atoms. The molecule has 1 atom stereocenters. The van der Waals surface area contributed by atoms with Crippen LogP contribution < -0.4 is 11.1 Å². The van der Waals surface area contributed by atoms with E-state index in [-0.39, 0.29) is 36.1 Å². The van der Waals surface area contributed by atoms with Gasteiger partial charge in [-0.05, 0) is 28.7 Å². The molecule has 7 heteroatoms. The number of nitrogens with zero attached hydrogens (tertiary/aromatic N) is 2. The number of nitrogens with two attached hydrogens (primary N) is 1. The molecule has 0 aliphatic heterocycles. The van der Waals surface area contributed by atoms with Crippen LogP contribution in [0.5, 0.6) is 0 Å². The third-order valence-corrected chi connectivity index (χ3v) is 4.55. The number of aromatic nitrogens is 2. The highest BCUT2D eigenvalue weighted by Gasteiger charge is 2.27. The molecule has 1 aromatic heterocycles. The van der Waals surface area contributed by atoms with Crippen LogP contribution in [0.3, 0.4) is 0 Å². The van der Waals surface area contributed by atoms with Crippen molar-refractivity contribution < 1.29 is 4.79 Å². The van der Waals surface area contributed by atoms with Crippen molar-refractivity contribution in [1.82, 2.24) is 14.9 Å². The minimum atomic E-state index is -0.525. The van der Waals surface area contributed by atoms with E-state index in [1.807, 2.05) is 57.4 Å². The summed E-state index contributed by atoms with van der Waals surface area (Å²) in [6, 6.07) is 15.8. The Kier molecular flexibility index (Phi) is 8.48. The minimum absolute atomic E-state index is 0. The highest BCUT2D eigenvalue weighted by Crippen LogP contribution is 2.18. The third-order valence-electron chi connectivity index (χ3n) is 4.55. The molecule has 3 rings (SSSR count). The summed E-state index contributed by atoms with van der Waals surface area (Å²) in [6.07, 6.45) is 1.86. The number of hydrogen-bond acceptors (Lipinski definition) is 3. The van der Waals surface area contributed by atoms with Crippen molar-refractivity contribution in [2.24, 2.45) is 11.1 Å². The number of hydrogen-bond donors (Lipinski definition) is 2. The molecular weight excluding hydrogens is 395 g/mol. The Morgan fingerprint density at radius 2 is 1.79 bits per heavy atom. The maximum atomic E-state index is 12.2. The van der Waals surface area contributed by atoms with E-state index < -0.39 is 6.04 Å². The first-order valence-electron chi connectivity index (χ1n) is 8.85. The summed E-state index contributed by atoms with van der Waals surface area (Å²) in [4.78, 5) is 16.6. The largest absolute Gasteiger partial charge is 0.351 e. The van der Waals surface area contributed by atoms with E-state index in [4.69, 9.17) is 5.73 Å². The van der Waals surface area contributed by atoms with Crippen molar-refractivity contribution in [2.75, 3.05) is 0 Å². The van der Waals surface area contributed by atoms with Gasteiger partial charge < -0.3 is 15.6 Å². The first-order valence-corrected chi connectivity index (χ1v) is 8.85. The van der Waals surface area contributed by atoms with Gasteiger partial charge in [0.25, 0.3) is 0 Å². The molecule has 1 heterocycles. The minimum Gasteiger partial charge on any atom is -0.351 e. The maximum absolute atomic E-state index is 12.2. The average Bonchev–Trinajstić information content (AvgIpc) is 3.02. The summed E-state index contributed by atoms with van der Waals surface area (Å²) in [5, 5.41) is 2.94. The fourth-order valence-electron chi connectivity index (χ4n) is 2.86. The molecule has 5 nitrogen and oxygen atoms in total. The van der Waals surface area contributed by atoms with Gasteiger partial charge in [-0.1, -0.05) is 57.2 Å². The van der Waals surface area contributed by atoms with Gasteiger partial charge in [0.1, 0.15) is 0 Å². The van der Waals surface area contributed by atoms with Gasteiger partial charge in [0.15, 0.2) is 0 Å². The van der Waals surface area contributed by atoms with Crippen LogP contribution in [0.4, 0.5) is 0 Å². The highest BCUT2D eigenvalue weighted by molar-refractivity contribution is 5.85. The van der Waals surface area contributed by atoms with Gasteiger partial charge in [0.2, 0.25) is 5.91 Å². The number of imidazole rings is 1. The Labute approximate surface area is 178 Å². The number of para-hydroxylation sites is 2. The molecule has 0 saturated carbocycles. The lowest BCUT2D eigenvalue weighted by Gasteiger charge is -2.25. The van der Waals surface area contributed by atoms with Crippen molar-refractivity contribution in [3.05, 3.63) is 66.0 Å². The normalized spacial score (nSPS) is 12.0. The summed E-state index contributed by atoms with van der Waals surface area (Å²) >= 11 is 0. The predicted molar refractivity (Wildman–Crippen MR) is 119 cm³/mol. The third kappa shape index (κ3) is 5.71. The smallest absolute Gasteiger partial charge is 0.237 e. The molecule has 0 unspecified atom stereocenters. The van der Waals surface area contributed by atoms with Crippen LogP contribution in [0.2, 0.25) is 0 Å². The van der Waals surface area contributed by atoms with E-state index in [0.717, 1.165) is 23.1 Å². The molecule has 0 aliphatic carbocycles. The fraction of sp³-hybridized carbons (Fsp3) is 0.333. The molecule has 0 aliphatic rings. The maximum Gasteiger partial charge on any atom is 0.237 e. The molecule has 3 N–H and O–H groups in total. The van der Waals surface area contributed by atoms with Gasteiger partial charge in [0, 0.05) is 13.1 Å². The molecule has 1 amide bonds. The van der Waals surface area contributed by atoms with Crippen LogP contribution in [0.15, 0.2) is 54.9 Å². The lowest BCUT2D eigenvalue weighted by atomic mass is 9.87. The Balaban J connectivity index is 0.00000196. The average molecular weight is 423 g/mol. The Morgan fingerprint density at radius 3 is 2.50 bits per heavy atom. The molecule has 0 spiro atoms. The number of benzene rings is 2. The quantitative estimate of drug-likeness (QED) is 0.654. The molecule has 3 aromatic rings. The van der Waals surface area contributed by atoms with Crippen LogP contribution in [-0.4, -0.2) is 21.5 Å². The zero-order chi connectivity index (χ0) is 18.7. The van der Waals surface area contributed by atoms with Crippen LogP contribution in [0, 0.1) is 5.41 Å². The van der Waals surface area contributed by atoms with Gasteiger partial charge in [-0.15, -0.1) is 24.8 Å².